The minimum absolute atomic E-state index is 0.0894. The Labute approximate surface area is 469 Å². The molecule has 0 rings (SSSR count). The van der Waals surface area contributed by atoms with Crippen molar-refractivity contribution in [2.75, 3.05) is 13.2 Å². The summed E-state index contributed by atoms with van der Waals surface area (Å²) < 4.78 is 16.8. The summed E-state index contributed by atoms with van der Waals surface area (Å²) in [6.45, 7) is 6.49. The Morgan fingerprint density at radius 1 is 0.276 bits per heavy atom. The van der Waals surface area contributed by atoms with Crippen LogP contribution in [0.1, 0.15) is 284 Å². The van der Waals surface area contributed by atoms with Crippen molar-refractivity contribution in [1.82, 2.24) is 0 Å². The molecule has 0 bridgehead atoms. The van der Waals surface area contributed by atoms with Crippen LogP contribution in [0.5, 0.6) is 0 Å². The number of rotatable bonds is 56. The van der Waals surface area contributed by atoms with Crippen LogP contribution in [-0.4, -0.2) is 37.2 Å². The molecule has 0 aromatic heterocycles. The zero-order valence-corrected chi connectivity index (χ0v) is 49.5. The number of allylic oxidation sites excluding steroid dienone is 20. The first-order valence-corrected chi connectivity index (χ1v) is 31.5. The summed E-state index contributed by atoms with van der Waals surface area (Å²) in [6.07, 6.45) is 87.8. The molecule has 0 amide bonds. The standard InChI is InChI=1S/C70H116O6/c1-4-7-10-13-16-19-22-25-26-27-28-29-30-31-32-33-34-35-36-37-38-39-40-41-42-43-44-46-48-51-54-57-60-63-69(72)75-66-67(65-74-68(71)62-59-56-53-50-47-24-21-18-15-12-9-6-3)76-70(73)64-61-58-55-52-49-45-23-20-17-14-11-8-5-2/h7,10,16,19,25-26,28-29,31-32,34-35,37-38,40-41,43-44,48,51,67H,4-6,8-9,11-15,17-18,20-24,27,30,33,36,39,42,45-47,49-50,52-66H2,1-3H3/b10-7-,19-16-,26-25-,29-28-,32-31-,35-34-,38-37-,41-40-,44-43-,51-48-. The average Bonchev–Trinajstić information content (AvgIpc) is 3.42. The summed E-state index contributed by atoms with van der Waals surface area (Å²) in [5.41, 5.74) is 0. The quantitative estimate of drug-likeness (QED) is 0.0261. The van der Waals surface area contributed by atoms with Crippen LogP contribution in [0.3, 0.4) is 0 Å². The van der Waals surface area contributed by atoms with Crippen molar-refractivity contribution in [2.24, 2.45) is 0 Å². The molecule has 1 unspecified atom stereocenters. The van der Waals surface area contributed by atoms with Gasteiger partial charge in [0, 0.05) is 19.3 Å². The van der Waals surface area contributed by atoms with Crippen LogP contribution in [0.25, 0.3) is 0 Å². The van der Waals surface area contributed by atoms with Crippen LogP contribution >= 0.6 is 0 Å². The van der Waals surface area contributed by atoms with Gasteiger partial charge in [-0.3, -0.25) is 14.4 Å². The van der Waals surface area contributed by atoms with Crippen molar-refractivity contribution < 1.29 is 28.6 Å². The smallest absolute Gasteiger partial charge is 0.306 e. The lowest BCUT2D eigenvalue weighted by molar-refractivity contribution is -0.167. The molecule has 0 aromatic rings. The van der Waals surface area contributed by atoms with Crippen molar-refractivity contribution in [2.45, 2.75) is 290 Å². The summed E-state index contributed by atoms with van der Waals surface area (Å²) in [4.78, 5) is 38.1. The van der Waals surface area contributed by atoms with E-state index in [4.69, 9.17) is 14.2 Å². The Balaban J connectivity index is 4.32. The number of carbonyl (C=O) groups excluding carboxylic acids is 3. The topological polar surface area (TPSA) is 78.9 Å². The van der Waals surface area contributed by atoms with Crippen LogP contribution < -0.4 is 0 Å². The number of carbonyl (C=O) groups is 3. The zero-order chi connectivity index (χ0) is 55.0. The third-order valence-electron chi connectivity index (χ3n) is 13.2. The van der Waals surface area contributed by atoms with Crippen LogP contribution in [0.2, 0.25) is 0 Å². The summed E-state index contributed by atoms with van der Waals surface area (Å²) in [7, 11) is 0. The Morgan fingerprint density at radius 3 is 0.803 bits per heavy atom. The molecule has 6 heteroatoms. The van der Waals surface area contributed by atoms with Crippen molar-refractivity contribution >= 4 is 17.9 Å². The Hall–Kier alpha value is -4.19. The van der Waals surface area contributed by atoms with Gasteiger partial charge in [-0.15, -0.1) is 0 Å². The van der Waals surface area contributed by atoms with E-state index in [1.165, 1.54) is 122 Å². The number of hydrogen-bond donors (Lipinski definition) is 0. The third kappa shape index (κ3) is 60.7. The molecule has 0 heterocycles. The van der Waals surface area contributed by atoms with Crippen LogP contribution in [-0.2, 0) is 28.6 Å². The number of hydrogen-bond acceptors (Lipinski definition) is 6. The van der Waals surface area contributed by atoms with Gasteiger partial charge in [0.1, 0.15) is 13.2 Å². The molecule has 0 N–H and O–H groups in total. The second-order valence-electron chi connectivity index (χ2n) is 20.6. The predicted molar refractivity (Wildman–Crippen MR) is 330 cm³/mol. The van der Waals surface area contributed by atoms with E-state index in [0.29, 0.717) is 19.3 Å². The predicted octanol–water partition coefficient (Wildman–Crippen LogP) is 21.6. The molecule has 0 aromatic carbocycles. The molecule has 76 heavy (non-hydrogen) atoms. The van der Waals surface area contributed by atoms with E-state index in [-0.39, 0.29) is 31.1 Å². The molecular formula is C70H116O6. The van der Waals surface area contributed by atoms with Crippen LogP contribution in [0, 0.1) is 0 Å². The van der Waals surface area contributed by atoms with Crippen molar-refractivity contribution in [1.29, 1.82) is 0 Å². The lowest BCUT2D eigenvalue weighted by atomic mass is 10.0. The molecule has 1 atom stereocenters. The number of esters is 3. The highest BCUT2D eigenvalue weighted by atomic mass is 16.6. The van der Waals surface area contributed by atoms with Gasteiger partial charge in [0.05, 0.1) is 0 Å². The Kier molecular flexibility index (Phi) is 59.9. The molecular weight excluding hydrogens is 937 g/mol. The monoisotopic (exact) mass is 1050 g/mol. The highest BCUT2D eigenvalue weighted by molar-refractivity contribution is 5.71. The van der Waals surface area contributed by atoms with Crippen molar-refractivity contribution in [3.8, 4) is 0 Å². The highest BCUT2D eigenvalue weighted by Gasteiger charge is 2.19. The minimum Gasteiger partial charge on any atom is -0.462 e. The van der Waals surface area contributed by atoms with Gasteiger partial charge < -0.3 is 14.2 Å². The van der Waals surface area contributed by atoms with E-state index in [2.05, 4.69) is 142 Å². The molecule has 0 aliphatic carbocycles. The summed E-state index contributed by atoms with van der Waals surface area (Å²) >= 11 is 0. The van der Waals surface area contributed by atoms with E-state index < -0.39 is 6.10 Å². The van der Waals surface area contributed by atoms with E-state index >= 15 is 0 Å². The molecule has 432 valence electrons. The van der Waals surface area contributed by atoms with Gasteiger partial charge in [-0.25, -0.2) is 0 Å². The first kappa shape index (κ1) is 71.8. The summed E-state index contributed by atoms with van der Waals surface area (Å²) in [5, 5.41) is 0. The molecule has 0 spiro atoms. The molecule has 6 nitrogen and oxygen atoms in total. The van der Waals surface area contributed by atoms with E-state index in [0.717, 1.165) is 122 Å². The highest BCUT2D eigenvalue weighted by Crippen LogP contribution is 2.16. The normalized spacial score (nSPS) is 12.9. The summed E-state index contributed by atoms with van der Waals surface area (Å²) in [6, 6.07) is 0. The molecule has 0 aliphatic heterocycles. The fraction of sp³-hybridized carbons (Fsp3) is 0.671. The first-order valence-electron chi connectivity index (χ1n) is 31.5. The zero-order valence-electron chi connectivity index (χ0n) is 49.5. The minimum atomic E-state index is -0.794. The lowest BCUT2D eigenvalue weighted by Crippen LogP contribution is -2.30. The maximum atomic E-state index is 12.8. The van der Waals surface area contributed by atoms with E-state index in [1.807, 2.05) is 0 Å². The summed E-state index contributed by atoms with van der Waals surface area (Å²) in [5.74, 6) is -0.930. The maximum absolute atomic E-state index is 12.8. The molecule has 0 saturated carbocycles. The van der Waals surface area contributed by atoms with Crippen LogP contribution in [0.4, 0.5) is 0 Å². The van der Waals surface area contributed by atoms with Crippen LogP contribution in [0.15, 0.2) is 122 Å². The molecule has 0 aliphatic rings. The fourth-order valence-electron chi connectivity index (χ4n) is 8.53. The van der Waals surface area contributed by atoms with Gasteiger partial charge >= 0.3 is 17.9 Å². The lowest BCUT2D eigenvalue weighted by Gasteiger charge is -2.18. The third-order valence-corrected chi connectivity index (χ3v) is 13.2. The van der Waals surface area contributed by atoms with Gasteiger partial charge in [0.25, 0.3) is 0 Å². The first-order chi connectivity index (χ1) is 37.5. The van der Waals surface area contributed by atoms with Gasteiger partial charge in [-0.1, -0.05) is 290 Å². The maximum Gasteiger partial charge on any atom is 0.306 e. The van der Waals surface area contributed by atoms with Gasteiger partial charge in [-0.05, 0) is 96.3 Å². The Bertz CT molecular complexity index is 1590. The SMILES string of the molecule is CC/C=C\C/C=C\C/C=C\C/C=C\C/C=C\C/C=C\C/C=C\C/C=C\C/C=C\C/C=C\CCCCC(=O)OCC(COC(=O)CCCCCCCCCCCCCC)OC(=O)CCCCCCCCCCCCCCC. The van der Waals surface area contributed by atoms with Gasteiger partial charge in [0.15, 0.2) is 6.10 Å². The molecule has 0 fully saturated rings. The second kappa shape index (κ2) is 63.3. The molecule has 0 radical (unpaired) electrons. The Morgan fingerprint density at radius 2 is 0.513 bits per heavy atom. The second-order valence-corrected chi connectivity index (χ2v) is 20.6. The fourth-order valence-corrected chi connectivity index (χ4v) is 8.53. The van der Waals surface area contributed by atoms with Crippen molar-refractivity contribution in [3.63, 3.8) is 0 Å². The van der Waals surface area contributed by atoms with Gasteiger partial charge in [-0.2, -0.15) is 0 Å². The number of unbranched alkanes of at least 4 members (excludes halogenated alkanes) is 25. The van der Waals surface area contributed by atoms with Crippen molar-refractivity contribution in [3.05, 3.63) is 122 Å². The average molecular weight is 1050 g/mol. The van der Waals surface area contributed by atoms with Gasteiger partial charge in [0.2, 0.25) is 0 Å². The largest absolute Gasteiger partial charge is 0.462 e. The van der Waals surface area contributed by atoms with E-state index in [9.17, 15) is 14.4 Å². The van der Waals surface area contributed by atoms with E-state index in [1.54, 1.807) is 0 Å². The molecule has 0 saturated heterocycles. The number of ether oxygens (including phenoxy) is 3.